The van der Waals surface area contributed by atoms with E-state index in [2.05, 4.69) is 13.2 Å². The highest BCUT2D eigenvalue weighted by molar-refractivity contribution is 7.85. The molecule has 0 fully saturated rings. The molecular weight excluding hydrogens is 208 g/mol. The van der Waals surface area contributed by atoms with E-state index in [0.29, 0.717) is 6.42 Å². The normalized spacial score (nSPS) is 9.57. The highest BCUT2D eigenvalue weighted by Gasteiger charge is 1.98. The fraction of sp³-hybridized carbons (Fsp3) is 0.375. The van der Waals surface area contributed by atoms with Crippen molar-refractivity contribution in [2.75, 3.05) is 5.75 Å². The molecule has 0 heterocycles. The zero-order valence-corrected chi connectivity index (χ0v) is 8.75. The standard InChI is InChI=1S/C6H8O2.C2H6O3S/c1-3-4-5(2)6(7)8;1-2-6(3,4)5/h3H,1-2,4H2,(H,7,8);2H2,1H3,(H,3,4,5). The predicted molar refractivity (Wildman–Crippen MR) is 53.7 cm³/mol. The summed E-state index contributed by atoms with van der Waals surface area (Å²) in [7, 11) is -3.66. The van der Waals surface area contributed by atoms with Crippen LogP contribution in [-0.2, 0) is 14.9 Å². The Kier molecular flexibility index (Phi) is 7.98. The van der Waals surface area contributed by atoms with Gasteiger partial charge >= 0.3 is 5.97 Å². The van der Waals surface area contributed by atoms with Crippen LogP contribution in [0.3, 0.4) is 0 Å². The molecular formula is C8H14O5S. The van der Waals surface area contributed by atoms with E-state index in [-0.39, 0.29) is 11.3 Å². The zero-order valence-electron chi connectivity index (χ0n) is 7.93. The van der Waals surface area contributed by atoms with Crippen molar-refractivity contribution in [1.82, 2.24) is 0 Å². The number of carboxylic acids is 1. The lowest BCUT2D eigenvalue weighted by molar-refractivity contribution is -0.132. The van der Waals surface area contributed by atoms with Gasteiger partial charge in [0, 0.05) is 5.57 Å². The Bertz CT molecular complexity index is 302. The quantitative estimate of drug-likeness (QED) is 0.422. The number of aliphatic carboxylic acids is 1. The van der Waals surface area contributed by atoms with E-state index < -0.39 is 16.1 Å². The lowest BCUT2D eigenvalue weighted by Gasteiger charge is -1.89. The van der Waals surface area contributed by atoms with Crippen molar-refractivity contribution in [1.29, 1.82) is 0 Å². The van der Waals surface area contributed by atoms with Crippen LogP contribution >= 0.6 is 0 Å². The maximum absolute atomic E-state index is 9.94. The fourth-order valence-electron chi connectivity index (χ4n) is 0.262. The molecule has 5 nitrogen and oxygen atoms in total. The van der Waals surface area contributed by atoms with Crippen LogP contribution < -0.4 is 0 Å². The predicted octanol–water partition coefficient (Wildman–Crippen LogP) is 1.10. The first-order chi connectivity index (χ1) is 6.24. The number of hydrogen-bond donors (Lipinski definition) is 2. The third-order valence-corrected chi connectivity index (χ3v) is 1.79. The largest absolute Gasteiger partial charge is 0.478 e. The van der Waals surface area contributed by atoms with Gasteiger partial charge in [0.15, 0.2) is 0 Å². The van der Waals surface area contributed by atoms with Crippen molar-refractivity contribution >= 4 is 16.1 Å². The van der Waals surface area contributed by atoms with E-state index in [9.17, 15) is 13.2 Å². The van der Waals surface area contributed by atoms with Gasteiger partial charge in [-0.05, 0) is 13.3 Å². The summed E-state index contributed by atoms with van der Waals surface area (Å²) in [6.45, 7) is 8.00. The minimum atomic E-state index is -3.66. The van der Waals surface area contributed by atoms with Gasteiger partial charge < -0.3 is 5.11 Å². The number of rotatable bonds is 4. The smallest absolute Gasteiger partial charge is 0.331 e. The number of hydrogen-bond acceptors (Lipinski definition) is 3. The van der Waals surface area contributed by atoms with Crippen LogP contribution in [0.4, 0.5) is 0 Å². The van der Waals surface area contributed by atoms with Crippen molar-refractivity contribution in [3.8, 4) is 0 Å². The summed E-state index contributed by atoms with van der Waals surface area (Å²) < 4.78 is 26.9. The van der Waals surface area contributed by atoms with Crippen molar-refractivity contribution < 1.29 is 22.9 Å². The highest BCUT2D eigenvalue weighted by Crippen LogP contribution is 1.95. The summed E-state index contributed by atoms with van der Waals surface area (Å²) >= 11 is 0. The van der Waals surface area contributed by atoms with Gasteiger partial charge in [-0.3, -0.25) is 4.55 Å². The van der Waals surface area contributed by atoms with Crippen LogP contribution in [0.5, 0.6) is 0 Å². The maximum Gasteiger partial charge on any atom is 0.331 e. The fourth-order valence-corrected chi connectivity index (χ4v) is 0.262. The third kappa shape index (κ3) is 13.4. The molecule has 0 atom stereocenters. The summed E-state index contributed by atoms with van der Waals surface area (Å²) in [5, 5.41) is 8.17. The van der Waals surface area contributed by atoms with Crippen LogP contribution in [0.25, 0.3) is 0 Å². The van der Waals surface area contributed by atoms with Crippen LogP contribution in [-0.4, -0.2) is 29.8 Å². The van der Waals surface area contributed by atoms with Gasteiger partial charge in [-0.2, -0.15) is 8.42 Å². The highest BCUT2D eigenvalue weighted by atomic mass is 32.2. The van der Waals surface area contributed by atoms with Gasteiger partial charge in [-0.1, -0.05) is 12.7 Å². The SMILES string of the molecule is C=CCC(=C)C(=O)O.CCS(=O)(=O)O. The second-order valence-corrected chi connectivity index (χ2v) is 4.01. The van der Waals surface area contributed by atoms with E-state index >= 15 is 0 Å². The molecule has 0 radical (unpaired) electrons. The first kappa shape index (κ1) is 15.3. The number of allylic oxidation sites excluding steroid dienone is 1. The Balaban J connectivity index is 0. The van der Waals surface area contributed by atoms with Crippen molar-refractivity contribution in [3.63, 3.8) is 0 Å². The van der Waals surface area contributed by atoms with Crippen LogP contribution in [0.1, 0.15) is 13.3 Å². The molecule has 0 amide bonds. The van der Waals surface area contributed by atoms with Crippen LogP contribution in [0.2, 0.25) is 0 Å². The molecule has 0 aromatic carbocycles. The molecule has 82 valence electrons. The Morgan fingerprint density at radius 1 is 1.50 bits per heavy atom. The van der Waals surface area contributed by atoms with Gasteiger partial charge in [0.25, 0.3) is 10.1 Å². The molecule has 0 aliphatic heterocycles. The average molecular weight is 222 g/mol. The Labute approximate surface area is 83.5 Å². The average Bonchev–Trinajstić information content (AvgIpc) is 2.04. The molecule has 0 aromatic rings. The number of carbonyl (C=O) groups is 1. The van der Waals surface area contributed by atoms with Crippen molar-refractivity contribution in [2.45, 2.75) is 13.3 Å². The molecule has 0 aliphatic carbocycles. The monoisotopic (exact) mass is 222 g/mol. The molecule has 6 heteroatoms. The first-order valence-electron chi connectivity index (χ1n) is 3.71. The summed E-state index contributed by atoms with van der Waals surface area (Å²) in [4.78, 5) is 9.94. The molecule has 2 N–H and O–H groups in total. The lowest BCUT2D eigenvalue weighted by Crippen LogP contribution is -1.97. The summed E-state index contributed by atoms with van der Waals surface area (Å²) in [6.07, 6.45) is 1.87. The van der Waals surface area contributed by atoms with Gasteiger partial charge in [-0.25, -0.2) is 4.79 Å². The third-order valence-electron chi connectivity index (χ3n) is 1.06. The van der Waals surface area contributed by atoms with Crippen LogP contribution in [0.15, 0.2) is 24.8 Å². The molecule has 0 bridgehead atoms. The molecule has 0 saturated heterocycles. The Morgan fingerprint density at radius 3 is 1.93 bits per heavy atom. The molecule has 0 unspecified atom stereocenters. The zero-order chi connectivity index (χ0) is 11.8. The first-order valence-corrected chi connectivity index (χ1v) is 5.32. The van der Waals surface area contributed by atoms with Gasteiger partial charge in [0.05, 0.1) is 5.75 Å². The lowest BCUT2D eigenvalue weighted by atomic mass is 10.2. The molecule has 0 spiro atoms. The number of carboxylic acid groups (broad SMARTS) is 1. The summed E-state index contributed by atoms with van der Waals surface area (Å²) in [5.74, 6) is -1.16. The topological polar surface area (TPSA) is 91.7 Å². The van der Waals surface area contributed by atoms with E-state index in [4.69, 9.17) is 9.66 Å². The second-order valence-electron chi connectivity index (χ2n) is 2.27. The summed E-state index contributed by atoms with van der Waals surface area (Å²) in [5.41, 5.74) is 0.181. The molecule has 0 rings (SSSR count). The summed E-state index contributed by atoms with van der Waals surface area (Å²) in [6, 6.07) is 0. The molecule has 0 aromatic heterocycles. The van der Waals surface area contributed by atoms with Gasteiger partial charge in [0.2, 0.25) is 0 Å². The van der Waals surface area contributed by atoms with Crippen molar-refractivity contribution in [2.24, 2.45) is 0 Å². The Morgan fingerprint density at radius 2 is 1.86 bits per heavy atom. The minimum absolute atomic E-state index is 0.181. The van der Waals surface area contributed by atoms with E-state index in [1.807, 2.05) is 0 Å². The van der Waals surface area contributed by atoms with Gasteiger partial charge in [0.1, 0.15) is 0 Å². The van der Waals surface area contributed by atoms with E-state index in [1.54, 1.807) is 0 Å². The van der Waals surface area contributed by atoms with E-state index in [0.717, 1.165) is 0 Å². The molecule has 0 saturated carbocycles. The Hall–Kier alpha value is -1.14. The van der Waals surface area contributed by atoms with Crippen molar-refractivity contribution in [3.05, 3.63) is 24.8 Å². The molecule has 0 aliphatic rings. The van der Waals surface area contributed by atoms with E-state index in [1.165, 1.54) is 13.0 Å². The van der Waals surface area contributed by atoms with Crippen LogP contribution in [0, 0.1) is 0 Å². The molecule has 14 heavy (non-hydrogen) atoms. The van der Waals surface area contributed by atoms with Gasteiger partial charge in [-0.15, -0.1) is 6.58 Å². The minimum Gasteiger partial charge on any atom is -0.478 e. The second kappa shape index (κ2) is 7.28. The maximum atomic E-state index is 9.94.